The Kier molecular flexibility index (Phi) is 3.63. The molecule has 0 aliphatic carbocycles. The van der Waals surface area contributed by atoms with Gasteiger partial charge in [-0.05, 0) is 26.7 Å². The number of nitro groups is 1. The lowest BCUT2D eigenvalue weighted by Crippen LogP contribution is -2.42. The van der Waals surface area contributed by atoms with Crippen molar-refractivity contribution in [2.75, 3.05) is 11.4 Å². The summed E-state index contributed by atoms with van der Waals surface area (Å²) in [6.45, 7) is 3.84. The van der Waals surface area contributed by atoms with Gasteiger partial charge in [0.25, 0.3) is 5.91 Å². The van der Waals surface area contributed by atoms with Crippen molar-refractivity contribution in [1.29, 1.82) is 0 Å². The molecule has 1 aliphatic heterocycles. The predicted octanol–water partition coefficient (Wildman–Crippen LogP) is 1.51. The summed E-state index contributed by atoms with van der Waals surface area (Å²) < 4.78 is 3.14. The van der Waals surface area contributed by atoms with E-state index < -0.39 is 11.0 Å². The lowest BCUT2D eigenvalue weighted by atomic mass is 10.0. The number of hydrogen-bond acceptors (Lipinski definition) is 5. The summed E-state index contributed by atoms with van der Waals surface area (Å²) in [7, 11) is 1.79. The van der Waals surface area contributed by atoms with Crippen LogP contribution in [0.3, 0.4) is 0 Å². The molecule has 23 heavy (non-hydrogen) atoms. The van der Waals surface area contributed by atoms with Gasteiger partial charge in [-0.15, -0.1) is 0 Å². The molecule has 0 radical (unpaired) electrons. The minimum Gasteiger partial charge on any atom is -0.308 e. The highest BCUT2D eigenvalue weighted by molar-refractivity contribution is 5.96. The second kappa shape index (κ2) is 5.49. The standard InChI is InChI=1S/C14H18N6O3/c1-9-13(20(22)23)10(2)19(16-9)12-5-4-6-18(14(12)21)11-7-15-17(3)8-11/h7-8,12H,4-6H2,1-3H3/t12-/m1/s1. The van der Waals surface area contributed by atoms with Crippen LogP contribution >= 0.6 is 0 Å². The zero-order chi connectivity index (χ0) is 16.7. The molecule has 0 saturated carbocycles. The minimum atomic E-state index is -0.517. The van der Waals surface area contributed by atoms with Gasteiger partial charge in [0.1, 0.15) is 17.4 Å². The van der Waals surface area contributed by atoms with Gasteiger partial charge in [-0.1, -0.05) is 0 Å². The lowest BCUT2D eigenvalue weighted by molar-refractivity contribution is -0.386. The number of piperidine rings is 1. The molecular formula is C14H18N6O3. The van der Waals surface area contributed by atoms with Gasteiger partial charge >= 0.3 is 5.69 Å². The van der Waals surface area contributed by atoms with Crippen LogP contribution in [0.15, 0.2) is 12.4 Å². The average molecular weight is 318 g/mol. The third-order valence-corrected chi connectivity index (χ3v) is 4.18. The highest BCUT2D eigenvalue weighted by atomic mass is 16.6. The zero-order valence-corrected chi connectivity index (χ0v) is 13.3. The topological polar surface area (TPSA) is 99.1 Å². The van der Waals surface area contributed by atoms with E-state index in [1.165, 1.54) is 4.68 Å². The lowest BCUT2D eigenvalue weighted by Gasteiger charge is -2.31. The largest absolute Gasteiger partial charge is 0.312 e. The quantitative estimate of drug-likeness (QED) is 0.631. The van der Waals surface area contributed by atoms with Gasteiger partial charge in [-0.2, -0.15) is 10.2 Å². The fourth-order valence-electron chi connectivity index (χ4n) is 3.11. The Morgan fingerprint density at radius 3 is 2.70 bits per heavy atom. The molecule has 122 valence electrons. The summed E-state index contributed by atoms with van der Waals surface area (Å²) >= 11 is 0. The normalized spacial score (nSPS) is 18.5. The van der Waals surface area contributed by atoms with Crippen LogP contribution in [0.25, 0.3) is 0 Å². The van der Waals surface area contributed by atoms with Crippen molar-refractivity contribution in [3.63, 3.8) is 0 Å². The number of hydrogen-bond donors (Lipinski definition) is 0. The summed E-state index contributed by atoms with van der Waals surface area (Å²) in [5.41, 5.74) is 1.47. The molecule has 9 nitrogen and oxygen atoms in total. The number of aromatic nitrogens is 4. The van der Waals surface area contributed by atoms with Crippen LogP contribution in [0.5, 0.6) is 0 Å². The van der Waals surface area contributed by atoms with Crippen LogP contribution in [-0.4, -0.2) is 36.9 Å². The molecule has 0 unspecified atom stereocenters. The van der Waals surface area contributed by atoms with Gasteiger partial charge in [0.15, 0.2) is 0 Å². The summed E-state index contributed by atoms with van der Waals surface area (Å²) in [6, 6.07) is -0.517. The van der Waals surface area contributed by atoms with Crippen molar-refractivity contribution in [3.05, 3.63) is 33.9 Å². The van der Waals surface area contributed by atoms with E-state index in [2.05, 4.69) is 10.2 Å². The van der Waals surface area contributed by atoms with E-state index in [9.17, 15) is 14.9 Å². The number of nitrogens with zero attached hydrogens (tertiary/aromatic N) is 6. The van der Waals surface area contributed by atoms with Gasteiger partial charge in [0.05, 0.1) is 16.8 Å². The SMILES string of the molecule is Cc1nn([C@@H]2CCCN(c3cnn(C)c3)C2=O)c(C)c1[N+](=O)[O-]. The van der Waals surface area contributed by atoms with Crippen LogP contribution in [0.2, 0.25) is 0 Å². The number of carbonyl (C=O) groups is 1. The maximum atomic E-state index is 12.8. The van der Waals surface area contributed by atoms with Crippen LogP contribution < -0.4 is 4.90 Å². The molecule has 1 saturated heterocycles. The summed E-state index contributed by atoms with van der Waals surface area (Å²) in [5, 5.41) is 19.5. The van der Waals surface area contributed by atoms with E-state index in [0.717, 1.165) is 12.1 Å². The zero-order valence-electron chi connectivity index (χ0n) is 13.3. The van der Waals surface area contributed by atoms with Gasteiger partial charge in [0, 0.05) is 19.8 Å². The minimum absolute atomic E-state index is 0.0173. The number of rotatable bonds is 3. The first kappa shape index (κ1) is 15.2. The second-order valence-electron chi connectivity index (χ2n) is 5.74. The Balaban J connectivity index is 1.96. The fourth-order valence-corrected chi connectivity index (χ4v) is 3.11. The predicted molar refractivity (Wildman–Crippen MR) is 82.2 cm³/mol. The first-order valence-corrected chi connectivity index (χ1v) is 7.40. The third kappa shape index (κ3) is 2.47. The summed E-state index contributed by atoms with van der Waals surface area (Å²) in [4.78, 5) is 25.2. The van der Waals surface area contributed by atoms with Gasteiger partial charge in [-0.25, -0.2) is 4.68 Å². The van der Waals surface area contributed by atoms with Crippen LogP contribution in [0, 0.1) is 24.0 Å². The molecule has 1 aliphatic rings. The van der Waals surface area contributed by atoms with Gasteiger partial charge in [-0.3, -0.25) is 19.6 Å². The van der Waals surface area contributed by atoms with E-state index in [0.29, 0.717) is 24.4 Å². The summed E-state index contributed by atoms with van der Waals surface area (Å²) in [5.74, 6) is -0.107. The van der Waals surface area contributed by atoms with Gasteiger partial charge in [0.2, 0.25) is 0 Å². The Hall–Kier alpha value is -2.71. The fraction of sp³-hybridized carbons (Fsp3) is 0.500. The molecule has 1 fully saturated rings. The van der Waals surface area contributed by atoms with Crippen molar-refractivity contribution < 1.29 is 9.72 Å². The van der Waals surface area contributed by atoms with E-state index in [1.807, 2.05) is 0 Å². The van der Waals surface area contributed by atoms with E-state index in [-0.39, 0.29) is 11.6 Å². The Morgan fingerprint density at radius 2 is 2.13 bits per heavy atom. The molecule has 0 spiro atoms. The average Bonchev–Trinajstić information content (AvgIpc) is 3.03. The number of anilines is 1. The van der Waals surface area contributed by atoms with Crippen molar-refractivity contribution in [2.45, 2.75) is 32.7 Å². The van der Waals surface area contributed by atoms with Crippen LogP contribution in [-0.2, 0) is 11.8 Å². The molecule has 0 bridgehead atoms. The smallest absolute Gasteiger partial charge is 0.308 e. The molecule has 3 rings (SSSR count). The first-order valence-electron chi connectivity index (χ1n) is 7.40. The maximum absolute atomic E-state index is 12.8. The molecule has 3 heterocycles. The van der Waals surface area contributed by atoms with Crippen LogP contribution in [0.1, 0.15) is 30.3 Å². The number of aryl methyl sites for hydroxylation is 2. The Bertz CT molecular complexity index is 778. The molecule has 1 amide bonds. The van der Waals surface area contributed by atoms with Crippen molar-refractivity contribution in [1.82, 2.24) is 19.6 Å². The Labute approximate surface area is 132 Å². The molecule has 2 aromatic heterocycles. The highest BCUT2D eigenvalue weighted by Gasteiger charge is 2.35. The van der Waals surface area contributed by atoms with E-state index >= 15 is 0 Å². The molecule has 1 atom stereocenters. The molecule has 2 aromatic rings. The second-order valence-corrected chi connectivity index (χ2v) is 5.74. The molecule has 0 N–H and O–H groups in total. The molecule has 9 heteroatoms. The van der Waals surface area contributed by atoms with E-state index in [4.69, 9.17) is 0 Å². The van der Waals surface area contributed by atoms with Gasteiger partial charge < -0.3 is 4.90 Å². The Morgan fingerprint density at radius 1 is 1.39 bits per heavy atom. The number of amides is 1. The maximum Gasteiger partial charge on any atom is 0.312 e. The van der Waals surface area contributed by atoms with Crippen molar-refractivity contribution in [2.24, 2.45) is 7.05 Å². The summed E-state index contributed by atoms with van der Waals surface area (Å²) in [6.07, 6.45) is 4.85. The monoisotopic (exact) mass is 318 g/mol. The van der Waals surface area contributed by atoms with Crippen molar-refractivity contribution >= 4 is 17.3 Å². The van der Waals surface area contributed by atoms with E-state index in [1.54, 1.807) is 42.9 Å². The van der Waals surface area contributed by atoms with Crippen molar-refractivity contribution in [3.8, 4) is 0 Å². The van der Waals surface area contributed by atoms with Crippen LogP contribution in [0.4, 0.5) is 11.4 Å². The first-order chi connectivity index (χ1) is 10.9. The third-order valence-electron chi connectivity index (χ3n) is 4.18. The molecule has 0 aromatic carbocycles. The molecular weight excluding hydrogens is 300 g/mol. The highest BCUT2D eigenvalue weighted by Crippen LogP contribution is 2.31. The number of carbonyl (C=O) groups excluding carboxylic acids is 1.